The first kappa shape index (κ1) is 9.77. The van der Waals surface area contributed by atoms with E-state index in [0.717, 1.165) is 0 Å². The molecule has 0 aliphatic rings. The lowest BCUT2D eigenvalue weighted by atomic mass is 10.1. The van der Waals surface area contributed by atoms with Crippen LogP contribution in [0.15, 0.2) is 18.2 Å². The van der Waals surface area contributed by atoms with Crippen LogP contribution in [0.2, 0.25) is 0 Å². The van der Waals surface area contributed by atoms with E-state index in [-0.39, 0.29) is 5.56 Å². The smallest absolute Gasteiger partial charge is 0.138 e. The molecule has 0 amide bonds. The standard InChI is InChI=1S/C10H5BrFN/c11-5-1-2-9-6-8(7-13)3-4-10(9)12/h3-4,6H,5H2. The predicted molar refractivity (Wildman–Crippen MR) is 51.8 cm³/mol. The summed E-state index contributed by atoms with van der Waals surface area (Å²) in [5.74, 6) is 4.89. The van der Waals surface area contributed by atoms with Crippen LogP contribution in [0.3, 0.4) is 0 Å². The van der Waals surface area contributed by atoms with Crippen molar-refractivity contribution < 1.29 is 4.39 Å². The van der Waals surface area contributed by atoms with Gasteiger partial charge in [-0.05, 0) is 18.2 Å². The highest BCUT2D eigenvalue weighted by atomic mass is 79.9. The van der Waals surface area contributed by atoms with Crippen LogP contribution in [-0.4, -0.2) is 5.33 Å². The van der Waals surface area contributed by atoms with Crippen LogP contribution in [0, 0.1) is 29.0 Å². The molecule has 1 aromatic rings. The Morgan fingerprint density at radius 2 is 2.23 bits per heavy atom. The van der Waals surface area contributed by atoms with Gasteiger partial charge < -0.3 is 0 Å². The minimum atomic E-state index is -0.396. The Balaban J connectivity index is 3.13. The Hall–Kier alpha value is -1.32. The van der Waals surface area contributed by atoms with Crippen molar-refractivity contribution in [2.45, 2.75) is 0 Å². The van der Waals surface area contributed by atoms with Gasteiger partial charge in [-0.1, -0.05) is 27.8 Å². The highest BCUT2D eigenvalue weighted by Gasteiger charge is 1.99. The molecule has 3 heteroatoms. The second kappa shape index (κ2) is 4.64. The van der Waals surface area contributed by atoms with Gasteiger partial charge in [0.05, 0.1) is 22.5 Å². The van der Waals surface area contributed by atoms with Crippen molar-refractivity contribution in [3.05, 3.63) is 35.1 Å². The van der Waals surface area contributed by atoms with Gasteiger partial charge in [0.1, 0.15) is 5.82 Å². The van der Waals surface area contributed by atoms with E-state index in [0.29, 0.717) is 10.9 Å². The number of nitrogens with zero attached hydrogens (tertiary/aromatic N) is 1. The summed E-state index contributed by atoms with van der Waals surface area (Å²) in [5.41, 5.74) is 0.679. The monoisotopic (exact) mass is 237 g/mol. The molecule has 0 atom stereocenters. The zero-order valence-corrected chi connectivity index (χ0v) is 8.23. The molecule has 0 unspecified atom stereocenters. The van der Waals surface area contributed by atoms with E-state index in [1.54, 1.807) is 0 Å². The summed E-state index contributed by atoms with van der Waals surface area (Å²) in [4.78, 5) is 0. The number of benzene rings is 1. The van der Waals surface area contributed by atoms with Crippen LogP contribution in [0.25, 0.3) is 0 Å². The molecule has 1 rings (SSSR count). The largest absolute Gasteiger partial charge is 0.206 e. The molecular weight excluding hydrogens is 233 g/mol. The molecule has 1 nitrogen and oxygen atoms in total. The van der Waals surface area contributed by atoms with Crippen LogP contribution in [0.5, 0.6) is 0 Å². The number of hydrogen-bond donors (Lipinski definition) is 0. The second-order valence-corrected chi connectivity index (χ2v) is 2.80. The lowest BCUT2D eigenvalue weighted by Crippen LogP contribution is -1.85. The van der Waals surface area contributed by atoms with Crippen LogP contribution in [0.4, 0.5) is 4.39 Å². The van der Waals surface area contributed by atoms with Gasteiger partial charge in [0.2, 0.25) is 0 Å². The minimum Gasteiger partial charge on any atom is -0.206 e. The molecule has 0 spiro atoms. The first-order chi connectivity index (χ1) is 6.27. The molecule has 0 aliphatic carbocycles. The Bertz CT molecular complexity index is 409. The zero-order chi connectivity index (χ0) is 9.68. The van der Waals surface area contributed by atoms with Gasteiger partial charge in [0, 0.05) is 0 Å². The van der Waals surface area contributed by atoms with Crippen LogP contribution in [-0.2, 0) is 0 Å². The maximum Gasteiger partial charge on any atom is 0.138 e. The molecule has 0 saturated heterocycles. The molecule has 64 valence electrons. The van der Waals surface area contributed by atoms with E-state index >= 15 is 0 Å². The fraction of sp³-hybridized carbons (Fsp3) is 0.100. The quantitative estimate of drug-likeness (QED) is 0.503. The third kappa shape index (κ3) is 2.57. The van der Waals surface area contributed by atoms with Crippen molar-refractivity contribution in [3.8, 4) is 17.9 Å². The molecule has 0 bridgehead atoms. The highest BCUT2D eigenvalue weighted by molar-refractivity contribution is 9.09. The lowest BCUT2D eigenvalue weighted by molar-refractivity contribution is 0.624. The first-order valence-corrected chi connectivity index (χ1v) is 4.64. The van der Waals surface area contributed by atoms with Gasteiger partial charge in [0.15, 0.2) is 0 Å². The Labute approximate surface area is 84.3 Å². The molecule has 0 saturated carbocycles. The summed E-state index contributed by atoms with van der Waals surface area (Å²) in [6.45, 7) is 0. The van der Waals surface area contributed by atoms with Crippen molar-refractivity contribution in [2.24, 2.45) is 0 Å². The van der Waals surface area contributed by atoms with Gasteiger partial charge in [-0.15, -0.1) is 0 Å². The Morgan fingerprint density at radius 3 is 2.85 bits per heavy atom. The van der Waals surface area contributed by atoms with E-state index < -0.39 is 5.82 Å². The van der Waals surface area contributed by atoms with Crippen LogP contribution in [0.1, 0.15) is 11.1 Å². The number of hydrogen-bond acceptors (Lipinski definition) is 1. The summed E-state index contributed by atoms with van der Waals surface area (Å²) in [5, 5.41) is 9.04. The predicted octanol–water partition coefficient (Wildman–Crippen LogP) is 2.44. The molecule has 1 aromatic carbocycles. The average Bonchev–Trinajstić information content (AvgIpc) is 2.17. The lowest BCUT2D eigenvalue weighted by Gasteiger charge is -1.93. The van der Waals surface area contributed by atoms with Gasteiger partial charge in [0.25, 0.3) is 0 Å². The normalized spacial score (nSPS) is 8.38. The van der Waals surface area contributed by atoms with Crippen molar-refractivity contribution in [2.75, 3.05) is 5.33 Å². The number of halogens is 2. The maximum absolute atomic E-state index is 13.0. The summed E-state index contributed by atoms with van der Waals surface area (Å²) in [6.07, 6.45) is 0. The Morgan fingerprint density at radius 1 is 1.46 bits per heavy atom. The van der Waals surface area contributed by atoms with Gasteiger partial charge in [-0.3, -0.25) is 0 Å². The van der Waals surface area contributed by atoms with Crippen molar-refractivity contribution in [3.63, 3.8) is 0 Å². The molecule has 13 heavy (non-hydrogen) atoms. The number of alkyl halides is 1. The van der Waals surface area contributed by atoms with Gasteiger partial charge >= 0.3 is 0 Å². The summed E-state index contributed by atoms with van der Waals surface area (Å²) >= 11 is 3.11. The van der Waals surface area contributed by atoms with Gasteiger partial charge in [-0.25, -0.2) is 4.39 Å². The number of rotatable bonds is 0. The van der Waals surface area contributed by atoms with E-state index in [2.05, 4.69) is 27.8 Å². The molecule has 0 fully saturated rings. The second-order valence-electron chi connectivity index (χ2n) is 2.24. The van der Waals surface area contributed by atoms with E-state index in [1.165, 1.54) is 18.2 Å². The van der Waals surface area contributed by atoms with E-state index in [1.807, 2.05) is 6.07 Å². The van der Waals surface area contributed by atoms with Crippen LogP contribution < -0.4 is 0 Å². The Kier molecular flexibility index (Phi) is 3.49. The average molecular weight is 238 g/mol. The maximum atomic E-state index is 13.0. The minimum absolute atomic E-state index is 0.263. The summed E-state index contributed by atoms with van der Waals surface area (Å²) < 4.78 is 13.0. The molecule has 0 aromatic heterocycles. The van der Waals surface area contributed by atoms with E-state index in [4.69, 9.17) is 5.26 Å². The molecule has 0 radical (unpaired) electrons. The van der Waals surface area contributed by atoms with E-state index in [9.17, 15) is 4.39 Å². The first-order valence-electron chi connectivity index (χ1n) is 3.52. The molecule has 0 heterocycles. The fourth-order valence-corrected chi connectivity index (χ4v) is 0.959. The highest BCUT2D eigenvalue weighted by Crippen LogP contribution is 2.08. The molecular formula is C10H5BrFN. The van der Waals surface area contributed by atoms with Crippen molar-refractivity contribution >= 4 is 15.9 Å². The van der Waals surface area contributed by atoms with Gasteiger partial charge in [-0.2, -0.15) is 5.26 Å². The number of nitriles is 1. The topological polar surface area (TPSA) is 23.8 Å². The van der Waals surface area contributed by atoms with Crippen molar-refractivity contribution in [1.82, 2.24) is 0 Å². The molecule has 0 N–H and O–H groups in total. The fourth-order valence-electron chi connectivity index (χ4n) is 0.819. The zero-order valence-electron chi connectivity index (χ0n) is 6.64. The SMILES string of the molecule is N#Cc1ccc(F)c(C#CCBr)c1. The van der Waals surface area contributed by atoms with Crippen molar-refractivity contribution in [1.29, 1.82) is 5.26 Å². The third-order valence-electron chi connectivity index (χ3n) is 1.39. The van der Waals surface area contributed by atoms with Crippen LogP contribution >= 0.6 is 15.9 Å². The third-order valence-corrected chi connectivity index (χ3v) is 1.67. The molecule has 0 aliphatic heterocycles. The summed E-state index contributed by atoms with van der Waals surface area (Å²) in [6, 6.07) is 6.03. The summed E-state index contributed by atoms with van der Waals surface area (Å²) in [7, 11) is 0.